The summed E-state index contributed by atoms with van der Waals surface area (Å²) in [6.07, 6.45) is 0. The van der Waals surface area contributed by atoms with E-state index >= 15 is 0 Å². The molecular formula is C12H17BrN2O. The van der Waals surface area contributed by atoms with E-state index in [4.69, 9.17) is 0 Å². The first-order valence-electron chi connectivity index (χ1n) is 5.21. The van der Waals surface area contributed by atoms with Crippen LogP contribution in [0, 0.1) is 0 Å². The zero-order valence-electron chi connectivity index (χ0n) is 9.83. The average Bonchev–Trinajstić information content (AvgIpc) is 2.30. The Labute approximate surface area is 105 Å². The number of carbonyl (C=O) groups is 1. The van der Waals surface area contributed by atoms with Gasteiger partial charge in [0.05, 0.1) is 6.04 Å². The summed E-state index contributed by atoms with van der Waals surface area (Å²) in [6.45, 7) is 2.50. The fourth-order valence-electron chi connectivity index (χ4n) is 1.40. The fraction of sp³-hybridized carbons (Fsp3) is 0.417. The lowest BCUT2D eigenvalue weighted by atomic mass is 10.2. The molecule has 88 valence electrons. The molecule has 0 fully saturated rings. The first-order valence-corrected chi connectivity index (χ1v) is 6.00. The zero-order valence-corrected chi connectivity index (χ0v) is 11.4. The van der Waals surface area contributed by atoms with Crippen LogP contribution < -0.4 is 5.32 Å². The Morgan fingerprint density at radius 2 is 2.00 bits per heavy atom. The number of nitrogens with one attached hydrogen (secondary N) is 1. The summed E-state index contributed by atoms with van der Waals surface area (Å²) >= 11 is 3.38. The predicted octanol–water partition coefficient (Wildman–Crippen LogP) is 2.02. The van der Waals surface area contributed by atoms with E-state index in [1.54, 1.807) is 11.9 Å². The van der Waals surface area contributed by atoms with Crippen molar-refractivity contribution in [2.24, 2.45) is 0 Å². The molecule has 1 atom stereocenters. The van der Waals surface area contributed by atoms with E-state index in [0.717, 1.165) is 10.0 Å². The topological polar surface area (TPSA) is 32.3 Å². The molecule has 1 rings (SSSR count). The minimum atomic E-state index is -0.138. The summed E-state index contributed by atoms with van der Waals surface area (Å²) in [7, 11) is 3.61. The molecule has 0 saturated heterocycles. The first-order chi connectivity index (χ1) is 7.54. The van der Waals surface area contributed by atoms with Crippen LogP contribution in [0.3, 0.4) is 0 Å². The van der Waals surface area contributed by atoms with Gasteiger partial charge in [0, 0.05) is 18.1 Å². The quantitative estimate of drug-likeness (QED) is 0.918. The number of nitrogens with zero attached hydrogens (tertiary/aromatic N) is 1. The van der Waals surface area contributed by atoms with Crippen molar-refractivity contribution in [3.8, 4) is 0 Å². The second-order valence-corrected chi connectivity index (χ2v) is 4.75. The van der Waals surface area contributed by atoms with E-state index in [9.17, 15) is 4.79 Å². The summed E-state index contributed by atoms with van der Waals surface area (Å²) in [5, 5.41) is 2.94. The number of carbonyl (C=O) groups excluding carboxylic acids is 1. The van der Waals surface area contributed by atoms with Gasteiger partial charge in [-0.2, -0.15) is 0 Å². The van der Waals surface area contributed by atoms with Gasteiger partial charge in [0.2, 0.25) is 5.91 Å². The van der Waals surface area contributed by atoms with E-state index in [0.29, 0.717) is 6.54 Å². The third kappa shape index (κ3) is 3.61. The largest absolute Gasteiger partial charge is 0.340 e. The molecule has 0 bridgehead atoms. The van der Waals surface area contributed by atoms with E-state index in [-0.39, 0.29) is 11.9 Å². The Morgan fingerprint density at radius 3 is 2.50 bits per heavy atom. The van der Waals surface area contributed by atoms with E-state index in [1.165, 1.54) is 0 Å². The number of halogens is 1. The summed E-state index contributed by atoms with van der Waals surface area (Å²) < 4.78 is 1.05. The monoisotopic (exact) mass is 284 g/mol. The smallest absolute Gasteiger partial charge is 0.239 e. The highest BCUT2D eigenvalue weighted by Crippen LogP contribution is 2.12. The van der Waals surface area contributed by atoms with Crippen molar-refractivity contribution in [2.45, 2.75) is 19.5 Å². The van der Waals surface area contributed by atoms with Crippen molar-refractivity contribution < 1.29 is 4.79 Å². The summed E-state index contributed by atoms with van der Waals surface area (Å²) in [5.74, 6) is 0.102. The molecule has 0 heterocycles. The van der Waals surface area contributed by atoms with Gasteiger partial charge in [-0.15, -0.1) is 0 Å². The number of likely N-dealkylation sites (N-methyl/N-ethyl adjacent to an activating group) is 2. The molecule has 0 saturated carbocycles. The number of amides is 1. The van der Waals surface area contributed by atoms with Gasteiger partial charge in [-0.1, -0.05) is 28.1 Å². The Bertz CT molecular complexity index is 351. The summed E-state index contributed by atoms with van der Waals surface area (Å²) in [5.41, 5.74) is 1.13. The number of hydrogen-bond donors (Lipinski definition) is 1. The van der Waals surface area contributed by atoms with Crippen molar-refractivity contribution >= 4 is 21.8 Å². The van der Waals surface area contributed by atoms with Gasteiger partial charge in [-0.25, -0.2) is 0 Å². The molecule has 4 heteroatoms. The summed E-state index contributed by atoms with van der Waals surface area (Å²) in [4.78, 5) is 13.5. The third-order valence-corrected chi connectivity index (χ3v) is 3.04. The Balaban J connectivity index is 2.60. The lowest BCUT2D eigenvalue weighted by Crippen LogP contribution is -2.41. The minimum absolute atomic E-state index is 0.102. The van der Waals surface area contributed by atoms with Crippen molar-refractivity contribution in [1.82, 2.24) is 10.2 Å². The molecule has 3 nitrogen and oxygen atoms in total. The number of hydrogen-bond acceptors (Lipinski definition) is 2. The molecule has 1 aromatic rings. The minimum Gasteiger partial charge on any atom is -0.340 e. The standard InChI is InChI=1S/C12H17BrN2O/c1-9(14-2)12(16)15(3)8-10-4-6-11(13)7-5-10/h4-7,9,14H,8H2,1-3H3. The second-order valence-electron chi connectivity index (χ2n) is 3.83. The zero-order chi connectivity index (χ0) is 12.1. The Kier molecular flexibility index (Phi) is 4.96. The fourth-order valence-corrected chi connectivity index (χ4v) is 1.66. The van der Waals surface area contributed by atoms with E-state index in [1.807, 2.05) is 38.2 Å². The van der Waals surface area contributed by atoms with E-state index in [2.05, 4.69) is 21.2 Å². The van der Waals surface area contributed by atoms with Gasteiger partial charge < -0.3 is 10.2 Å². The average molecular weight is 285 g/mol. The highest BCUT2D eigenvalue weighted by atomic mass is 79.9. The van der Waals surface area contributed by atoms with Crippen LogP contribution in [0.15, 0.2) is 28.7 Å². The molecule has 0 aliphatic rings. The van der Waals surface area contributed by atoms with Gasteiger partial charge in [-0.05, 0) is 31.7 Å². The van der Waals surface area contributed by atoms with Gasteiger partial charge in [-0.3, -0.25) is 4.79 Å². The summed E-state index contributed by atoms with van der Waals surface area (Å²) in [6, 6.07) is 7.85. The van der Waals surface area contributed by atoms with Crippen LogP contribution in [0.5, 0.6) is 0 Å². The molecule has 0 aliphatic carbocycles. The van der Waals surface area contributed by atoms with Crippen molar-refractivity contribution in [1.29, 1.82) is 0 Å². The van der Waals surface area contributed by atoms with Crippen molar-refractivity contribution in [2.75, 3.05) is 14.1 Å². The molecule has 0 radical (unpaired) electrons. The number of rotatable bonds is 4. The molecule has 1 unspecified atom stereocenters. The van der Waals surface area contributed by atoms with Crippen LogP contribution in [0.4, 0.5) is 0 Å². The van der Waals surface area contributed by atoms with Crippen LogP contribution in [0.25, 0.3) is 0 Å². The maximum atomic E-state index is 11.8. The van der Waals surface area contributed by atoms with Crippen LogP contribution in [-0.4, -0.2) is 30.9 Å². The predicted molar refractivity (Wildman–Crippen MR) is 69.1 cm³/mol. The second kappa shape index (κ2) is 6.01. The van der Waals surface area contributed by atoms with Crippen LogP contribution >= 0.6 is 15.9 Å². The molecule has 1 aromatic carbocycles. The molecule has 0 aliphatic heterocycles. The molecular weight excluding hydrogens is 268 g/mol. The molecule has 16 heavy (non-hydrogen) atoms. The Hall–Kier alpha value is -0.870. The van der Waals surface area contributed by atoms with Crippen LogP contribution in [-0.2, 0) is 11.3 Å². The van der Waals surface area contributed by atoms with Gasteiger partial charge in [0.15, 0.2) is 0 Å². The highest BCUT2D eigenvalue weighted by Gasteiger charge is 2.15. The normalized spacial score (nSPS) is 12.2. The van der Waals surface area contributed by atoms with Crippen molar-refractivity contribution in [3.05, 3.63) is 34.3 Å². The van der Waals surface area contributed by atoms with E-state index < -0.39 is 0 Å². The SMILES string of the molecule is CNC(C)C(=O)N(C)Cc1ccc(Br)cc1. The molecule has 1 amide bonds. The molecule has 0 aromatic heterocycles. The molecule has 0 spiro atoms. The van der Waals surface area contributed by atoms with Gasteiger partial charge in [0.25, 0.3) is 0 Å². The Morgan fingerprint density at radius 1 is 1.44 bits per heavy atom. The molecule has 1 N–H and O–H groups in total. The van der Waals surface area contributed by atoms with Crippen LogP contribution in [0.2, 0.25) is 0 Å². The lowest BCUT2D eigenvalue weighted by molar-refractivity contribution is -0.132. The number of benzene rings is 1. The van der Waals surface area contributed by atoms with Crippen LogP contribution in [0.1, 0.15) is 12.5 Å². The van der Waals surface area contributed by atoms with Gasteiger partial charge >= 0.3 is 0 Å². The maximum absolute atomic E-state index is 11.8. The maximum Gasteiger partial charge on any atom is 0.239 e. The highest BCUT2D eigenvalue weighted by molar-refractivity contribution is 9.10. The van der Waals surface area contributed by atoms with Gasteiger partial charge in [0.1, 0.15) is 0 Å². The lowest BCUT2D eigenvalue weighted by Gasteiger charge is -2.21. The van der Waals surface area contributed by atoms with Crippen molar-refractivity contribution in [3.63, 3.8) is 0 Å². The third-order valence-electron chi connectivity index (χ3n) is 2.51. The first kappa shape index (κ1) is 13.2.